The number of carboxylic acids is 1. The lowest BCUT2D eigenvalue weighted by Gasteiger charge is -2.04. The lowest BCUT2D eigenvalue weighted by Crippen LogP contribution is -2.06. The van der Waals surface area contributed by atoms with Crippen LogP contribution in [0, 0.1) is 0 Å². The number of benzene rings is 1. The minimum absolute atomic E-state index is 0.0757. The number of carboxylic acid groups (broad SMARTS) is 1. The van der Waals surface area contributed by atoms with E-state index < -0.39 is 16.8 Å². The van der Waals surface area contributed by atoms with Crippen molar-refractivity contribution < 1.29 is 14.1 Å². The maximum absolute atomic E-state index is 12.1. The molecule has 5 nitrogen and oxygen atoms in total. The molecule has 1 aromatic carbocycles. The van der Waals surface area contributed by atoms with Crippen molar-refractivity contribution in [3.63, 3.8) is 0 Å². The summed E-state index contributed by atoms with van der Waals surface area (Å²) in [7, 11) is 0.366. The highest BCUT2D eigenvalue weighted by Gasteiger charge is 2.15. The largest absolute Gasteiger partial charge is 0.478 e. The van der Waals surface area contributed by atoms with E-state index in [1.54, 1.807) is 42.2 Å². The summed E-state index contributed by atoms with van der Waals surface area (Å²) in [5, 5.41) is 13.2. The molecule has 1 heterocycles. The van der Waals surface area contributed by atoms with Crippen LogP contribution in [-0.4, -0.2) is 25.1 Å². The first-order chi connectivity index (χ1) is 8.58. The molecule has 2 rings (SSSR count). The monoisotopic (exact) mass is 264 g/mol. The molecular formula is C12H12N2O3S. The number of hydrogen-bond acceptors (Lipinski definition) is 3. The second-order valence-corrected chi connectivity index (χ2v) is 5.19. The summed E-state index contributed by atoms with van der Waals surface area (Å²) in [6, 6.07) is 8.08. The Kier molecular flexibility index (Phi) is 3.57. The van der Waals surface area contributed by atoms with Crippen molar-refractivity contribution in [2.24, 2.45) is 7.05 Å². The van der Waals surface area contributed by atoms with Crippen LogP contribution in [0.4, 0.5) is 0 Å². The Morgan fingerprint density at radius 1 is 1.39 bits per heavy atom. The number of hydrogen-bond donors (Lipinski definition) is 1. The fourth-order valence-corrected chi connectivity index (χ4v) is 2.80. The standard InChI is InChI=1S/C12H12N2O3S/c1-14-7-6-9(13-14)8-18(17)11-5-3-2-4-10(11)12(15)16/h2-7H,8H2,1H3,(H,15,16). The predicted molar refractivity (Wildman–Crippen MR) is 66.7 cm³/mol. The number of aryl methyl sites for hydroxylation is 1. The Bertz CT molecular complexity index is 607. The molecule has 0 saturated heterocycles. The van der Waals surface area contributed by atoms with Gasteiger partial charge in [-0.05, 0) is 18.2 Å². The van der Waals surface area contributed by atoms with E-state index in [1.807, 2.05) is 0 Å². The molecule has 1 aromatic heterocycles. The normalized spacial score (nSPS) is 12.3. The summed E-state index contributed by atoms with van der Waals surface area (Å²) in [6.07, 6.45) is 1.76. The fourth-order valence-electron chi connectivity index (χ4n) is 1.59. The molecule has 0 fully saturated rings. The summed E-state index contributed by atoms with van der Waals surface area (Å²) >= 11 is 0. The topological polar surface area (TPSA) is 72.2 Å². The molecule has 0 amide bonds. The predicted octanol–water partition coefficient (Wildman–Crippen LogP) is 1.43. The van der Waals surface area contributed by atoms with E-state index >= 15 is 0 Å². The Labute approximate surface area is 107 Å². The highest BCUT2D eigenvalue weighted by molar-refractivity contribution is 7.84. The second kappa shape index (κ2) is 5.14. The molecule has 0 bridgehead atoms. The first-order valence-electron chi connectivity index (χ1n) is 5.27. The highest BCUT2D eigenvalue weighted by Crippen LogP contribution is 2.16. The van der Waals surface area contributed by atoms with Gasteiger partial charge in [0.1, 0.15) is 0 Å². The van der Waals surface area contributed by atoms with Crippen LogP contribution in [0.1, 0.15) is 16.1 Å². The third-order valence-corrected chi connectivity index (χ3v) is 3.82. The fraction of sp³-hybridized carbons (Fsp3) is 0.167. The Hall–Kier alpha value is -1.95. The average Bonchev–Trinajstić information content (AvgIpc) is 2.74. The van der Waals surface area contributed by atoms with E-state index in [1.165, 1.54) is 6.07 Å². The molecule has 1 unspecified atom stereocenters. The average molecular weight is 264 g/mol. The molecule has 1 N–H and O–H groups in total. The highest BCUT2D eigenvalue weighted by atomic mass is 32.2. The quantitative estimate of drug-likeness (QED) is 0.906. The van der Waals surface area contributed by atoms with E-state index in [2.05, 4.69) is 5.10 Å². The maximum atomic E-state index is 12.1. The second-order valence-electron chi connectivity index (χ2n) is 3.77. The van der Waals surface area contributed by atoms with Gasteiger partial charge in [-0.3, -0.25) is 8.89 Å². The first kappa shape index (κ1) is 12.5. The zero-order chi connectivity index (χ0) is 13.1. The van der Waals surface area contributed by atoms with Crippen LogP contribution >= 0.6 is 0 Å². The van der Waals surface area contributed by atoms with Crippen molar-refractivity contribution in [1.29, 1.82) is 0 Å². The van der Waals surface area contributed by atoms with Gasteiger partial charge in [0.2, 0.25) is 0 Å². The molecule has 0 aliphatic heterocycles. The van der Waals surface area contributed by atoms with Crippen LogP contribution in [0.5, 0.6) is 0 Å². The lowest BCUT2D eigenvalue weighted by molar-refractivity contribution is 0.0693. The van der Waals surface area contributed by atoms with Gasteiger partial charge in [-0.15, -0.1) is 0 Å². The number of rotatable bonds is 4. The number of aromatic carboxylic acids is 1. The van der Waals surface area contributed by atoms with Gasteiger partial charge in [0.25, 0.3) is 0 Å². The lowest BCUT2D eigenvalue weighted by atomic mass is 10.2. The molecular weight excluding hydrogens is 252 g/mol. The van der Waals surface area contributed by atoms with Gasteiger partial charge in [-0.25, -0.2) is 4.79 Å². The molecule has 0 aliphatic rings. The van der Waals surface area contributed by atoms with E-state index in [0.717, 1.165) is 0 Å². The zero-order valence-electron chi connectivity index (χ0n) is 9.74. The van der Waals surface area contributed by atoms with Crippen LogP contribution in [0.2, 0.25) is 0 Å². The molecule has 0 spiro atoms. The van der Waals surface area contributed by atoms with E-state index in [4.69, 9.17) is 5.11 Å². The van der Waals surface area contributed by atoms with Crippen molar-refractivity contribution in [1.82, 2.24) is 9.78 Å². The molecule has 18 heavy (non-hydrogen) atoms. The number of carbonyl (C=O) groups is 1. The molecule has 6 heteroatoms. The molecule has 0 radical (unpaired) electrons. The van der Waals surface area contributed by atoms with Gasteiger partial charge in [0.05, 0.1) is 32.7 Å². The van der Waals surface area contributed by atoms with Crippen molar-refractivity contribution >= 4 is 16.8 Å². The third-order valence-electron chi connectivity index (χ3n) is 2.41. The zero-order valence-corrected chi connectivity index (χ0v) is 10.6. The van der Waals surface area contributed by atoms with Gasteiger partial charge >= 0.3 is 5.97 Å². The Morgan fingerprint density at radius 3 is 2.72 bits per heavy atom. The van der Waals surface area contributed by atoms with Crippen molar-refractivity contribution in [2.45, 2.75) is 10.6 Å². The Balaban J connectivity index is 2.26. The smallest absolute Gasteiger partial charge is 0.336 e. The van der Waals surface area contributed by atoms with Crippen molar-refractivity contribution in [3.05, 3.63) is 47.8 Å². The molecule has 1 atom stereocenters. The maximum Gasteiger partial charge on any atom is 0.336 e. The van der Waals surface area contributed by atoms with Gasteiger partial charge in [0, 0.05) is 13.2 Å². The summed E-state index contributed by atoms with van der Waals surface area (Å²) in [5.41, 5.74) is 0.753. The van der Waals surface area contributed by atoms with Gasteiger partial charge in [-0.2, -0.15) is 5.10 Å². The first-order valence-corrected chi connectivity index (χ1v) is 6.59. The third kappa shape index (κ3) is 2.65. The van der Waals surface area contributed by atoms with Crippen LogP contribution in [-0.2, 0) is 23.6 Å². The molecule has 2 aromatic rings. The van der Waals surface area contributed by atoms with Crippen molar-refractivity contribution in [3.8, 4) is 0 Å². The summed E-state index contributed by atoms with van der Waals surface area (Å²) in [4.78, 5) is 11.4. The molecule has 0 aliphatic carbocycles. The number of aromatic nitrogens is 2. The molecule has 0 saturated carbocycles. The van der Waals surface area contributed by atoms with Gasteiger partial charge in [-0.1, -0.05) is 12.1 Å². The van der Waals surface area contributed by atoms with E-state index in [9.17, 15) is 9.00 Å². The SMILES string of the molecule is Cn1ccc(CS(=O)c2ccccc2C(=O)O)n1. The number of nitrogens with zero attached hydrogens (tertiary/aromatic N) is 2. The molecule has 94 valence electrons. The summed E-state index contributed by atoms with van der Waals surface area (Å²) < 4.78 is 13.8. The Morgan fingerprint density at radius 2 is 2.11 bits per heavy atom. The van der Waals surface area contributed by atoms with E-state index in [-0.39, 0.29) is 11.3 Å². The van der Waals surface area contributed by atoms with Gasteiger partial charge < -0.3 is 5.11 Å². The minimum atomic E-state index is -1.41. The minimum Gasteiger partial charge on any atom is -0.478 e. The van der Waals surface area contributed by atoms with Gasteiger partial charge in [0.15, 0.2) is 0 Å². The summed E-state index contributed by atoms with van der Waals surface area (Å²) in [6.45, 7) is 0. The van der Waals surface area contributed by atoms with Crippen LogP contribution in [0.15, 0.2) is 41.4 Å². The van der Waals surface area contributed by atoms with Crippen LogP contribution in [0.3, 0.4) is 0 Å². The summed E-state index contributed by atoms with van der Waals surface area (Å²) in [5.74, 6) is -0.856. The van der Waals surface area contributed by atoms with Crippen molar-refractivity contribution in [2.75, 3.05) is 0 Å². The van der Waals surface area contributed by atoms with E-state index in [0.29, 0.717) is 10.6 Å². The van der Waals surface area contributed by atoms with Crippen LogP contribution in [0.25, 0.3) is 0 Å². The van der Waals surface area contributed by atoms with Crippen LogP contribution < -0.4 is 0 Å².